The number of anilines is 1. The van der Waals surface area contributed by atoms with Gasteiger partial charge in [0.1, 0.15) is 0 Å². The van der Waals surface area contributed by atoms with Crippen LogP contribution < -0.4 is 5.32 Å². The summed E-state index contributed by atoms with van der Waals surface area (Å²) in [4.78, 5) is 8.96. The minimum absolute atomic E-state index is 0.506. The highest BCUT2D eigenvalue weighted by atomic mass is 15.3. The van der Waals surface area contributed by atoms with Crippen LogP contribution in [0.25, 0.3) is 5.82 Å². The molecule has 2 aromatic rings. The van der Waals surface area contributed by atoms with E-state index in [1.54, 1.807) is 17.1 Å². The number of hydrogen-bond acceptors (Lipinski definition) is 4. The largest absolute Gasteiger partial charge is 0.351 e. The van der Waals surface area contributed by atoms with Crippen LogP contribution in [0.1, 0.15) is 45.4 Å². The molecule has 1 atom stereocenters. The van der Waals surface area contributed by atoms with Crippen LogP contribution in [0.4, 0.5) is 5.95 Å². The summed E-state index contributed by atoms with van der Waals surface area (Å²) in [6.45, 7) is 2.24. The van der Waals surface area contributed by atoms with Crippen molar-refractivity contribution in [1.29, 1.82) is 0 Å². The van der Waals surface area contributed by atoms with Crippen molar-refractivity contribution in [3.63, 3.8) is 0 Å². The van der Waals surface area contributed by atoms with Crippen LogP contribution >= 0.6 is 0 Å². The lowest BCUT2D eigenvalue weighted by molar-refractivity contribution is 0.262. The van der Waals surface area contributed by atoms with Crippen LogP contribution in [-0.2, 0) is 0 Å². The fourth-order valence-corrected chi connectivity index (χ4v) is 2.81. The molecule has 1 saturated carbocycles. The molecular formula is C16H23N5. The number of aromatic nitrogens is 4. The quantitative estimate of drug-likeness (QED) is 0.846. The van der Waals surface area contributed by atoms with Crippen molar-refractivity contribution in [3.05, 3.63) is 30.7 Å². The Morgan fingerprint density at radius 3 is 2.95 bits per heavy atom. The Morgan fingerprint density at radius 1 is 1.38 bits per heavy atom. The zero-order valence-electron chi connectivity index (χ0n) is 12.6. The van der Waals surface area contributed by atoms with Crippen LogP contribution in [0.15, 0.2) is 30.7 Å². The van der Waals surface area contributed by atoms with Crippen molar-refractivity contribution in [1.82, 2.24) is 19.7 Å². The van der Waals surface area contributed by atoms with Gasteiger partial charge in [-0.1, -0.05) is 26.2 Å². The standard InChI is InChI=1S/C16H23N5/c1-2-3-8-14(13-6-4-7-13)19-16-17-11-9-15(20-16)21-12-5-10-18-21/h5,9-14H,2-4,6-8H2,1H3,(H,17,19,20). The first kappa shape index (κ1) is 14.0. The van der Waals surface area contributed by atoms with Crippen LogP contribution in [0, 0.1) is 5.92 Å². The molecule has 1 aliphatic carbocycles. The van der Waals surface area contributed by atoms with E-state index >= 15 is 0 Å². The summed E-state index contributed by atoms with van der Waals surface area (Å²) in [7, 11) is 0. The van der Waals surface area contributed by atoms with Gasteiger partial charge in [0.05, 0.1) is 0 Å². The minimum Gasteiger partial charge on any atom is -0.351 e. The van der Waals surface area contributed by atoms with E-state index in [-0.39, 0.29) is 0 Å². The molecule has 5 nitrogen and oxygen atoms in total. The van der Waals surface area contributed by atoms with Gasteiger partial charge in [-0.15, -0.1) is 0 Å². The molecule has 0 bridgehead atoms. The van der Waals surface area contributed by atoms with Crippen molar-refractivity contribution in [2.75, 3.05) is 5.32 Å². The Hall–Kier alpha value is -1.91. The summed E-state index contributed by atoms with van der Waals surface area (Å²) < 4.78 is 1.76. The van der Waals surface area contributed by atoms with Crippen LogP contribution in [0.5, 0.6) is 0 Å². The van der Waals surface area contributed by atoms with E-state index in [1.807, 2.05) is 18.3 Å². The Kier molecular flexibility index (Phi) is 4.48. The lowest BCUT2D eigenvalue weighted by Crippen LogP contribution is -2.34. The third-order valence-electron chi connectivity index (χ3n) is 4.28. The molecule has 0 spiro atoms. The fraction of sp³-hybridized carbons (Fsp3) is 0.562. The highest BCUT2D eigenvalue weighted by Crippen LogP contribution is 2.33. The zero-order valence-corrected chi connectivity index (χ0v) is 12.6. The van der Waals surface area contributed by atoms with Gasteiger partial charge in [-0.25, -0.2) is 9.67 Å². The monoisotopic (exact) mass is 285 g/mol. The number of nitrogens with zero attached hydrogens (tertiary/aromatic N) is 4. The van der Waals surface area contributed by atoms with E-state index < -0.39 is 0 Å². The van der Waals surface area contributed by atoms with Gasteiger partial charge in [0, 0.05) is 30.7 Å². The van der Waals surface area contributed by atoms with Gasteiger partial charge in [0.15, 0.2) is 5.82 Å². The molecule has 0 aliphatic heterocycles. The first-order valence-electron chi connectivity index (χ1n) is 7.96. The normalized spacial score (nSPS) is 16.4. The van der Waals surface area contributed by atoms with Gasteiger partial charge < -0.3 is 5.32 Å². The summed E-state index contributed by atoms with van der Waals surface area (Å²) in [5, 5.41) is 7.77. The predicted octanol–water partition coefficient (Wildman–Crippen LogP) is 3.43. The maximum Gasteiger partial charge on any atom is 0.224 e. The van der Waals surface area contributed by atoms with Crippen LogP contribution in [-0.4, -0.2) is 25.8 Å². The molecule has 0 amide bonds. The van der Waals surface area contributed by atoms with E-state index in [0.717, 1.165) is 17.7 Å². The molecule has 3 rings (SSSR count). The molecule has 1 aliphatic rings. The molecule has 1 fully saturated rings. The third-order valence-corrected chi connectivity index (χ3v) is 4.28. The number of rotatable bonds is 7. The van der Waals surface area contributed by atoms with E-state index in [1.165, 1.54) is 38.5 Å². The number of hydrogen-bond donors (Lipinski definition) is 1. The Labute approximate surface area is 125 Å². The summed E-state index contributed by atoms with van der Waals surface area (Å²) >= 11 is 0. The summed E-state index contributed by atoms with van der Waals surface area (Å²) in [5.74, 6) is 2.31. The lowest BCUT2D eigenvalue weighted by atomic mass is 9.78. The smallest absolute Gasteiger partial charge is 0.224 e. The molecule has 112 valence electrons. The van der Waals surface area contributed by atoms with Crippen molar-refractivity contribution < 1.29 is 0 Å². The summed E-state index contributed by atoms with van der Waals surface area (Å²) in [6.07, 6.45) is 13.2. The molecule has 2 heterocycles. The van der Waals surface area contributed by atoms with Gasteiger partial charge in [-0.3, -0.25) is 0 Å². The molecule has 5 heteroatoms. The lowest BCUT2D eigenvalue weighted by Gasteiger charge is -2.34. The molecule has 0 aromatic carbocycles. The van der Waals surface area contributed by atoms with E-state index in [4.69, 9.17) is 0 Å². The zero-order chi connectivity index (χ0) is 14.5. The third kappa shape index (κ3) is 3.40. The Morgan fingerprint density at radius 2 is 2.29 bits per heavy atom. The van der Waals surface area contributed by atoms with Gasteiger partial charge in [0.25, 0.3) is 0 Å². The first-order valence-corrected chi connectivity index (χ1v) is 7.96. The molecule has 0 radical (unpaired) electrons. The van der Waals surface area contributed by atoms with E-state index in [2.05, 4.69) is 27.3 Å². The molecule has 1 unspecified atom stereocenters. The average molecular weight is 285 g/mol. The number of unbranched alkanes of at least 4 members (excludes halogenated alkanes) is 1. The summed E-state index contributed by atoms with van der Waals surface area (Å²) in [5.41, 5.74) is 0. The van der Waals surface area contributed by atoms with Gasteiger partial charge in [-0.05, 0) is 31.2 Å². The van der Waals surface area contributed by atoms with E-state index in [0.29, 0.717) is 6.04 Å². The minimum atomic E-state index is 0.506. The summed E-state index contributed by atoms with van der Waals surface area (Å²) in [6, 6.07) is 4.28. The average Bonchev–Trinajstić information content (AvgIpc) is 2.97. The Balaban J connectivity index is 1.71. The van der Waals surface area contributed by atoms with Gasteiger partial charge in [-0.2, -0.15) is 10.1 Å². The topological polar surface area (TPSA) is 55.6 Å². The predicted molar refractivity (Wildman–Crippen MR) is 83.4 cm³/mol. The highest BCUT2D eigenvalue weighted by Gasteiger charge is 2.27. The van der Waals surface area contributed by atoms with Gasteiger partial charge in [0.2, 0.25) is 5.95 Å². The van der Waals surface area contributed by atoms with Crippen molar-refractivity contribution >= 4 is 5.95 Å². The molecule has 0 saturated heterocycles. The molecule has 21 heavy (non-hydrogen) atoms. The molecular weight excluding hydrogens is 262 g/mol. The van der Waals surface area contributed by atoms with Crippen LogP contribution in [0.2, 0.25) is 0 Å². The second-order valence-corrected chi connectivity index (χ2v) is 5.77. The second-order valence-electron chi connectivity index (χ2n) is 5.77. The second kappa shape index (κ2) is 6.70. The SMILES string of the molecule is CCCCC(Nc1nccc(-n2cccn2)n1)C1CCC1. The first-order chi connectivity index (χ1) is 10.4. The Bertz CT molecular complexity index is 548. The van der Waals surface area contributed by atoms with Crippen molar-refractivity contribution in [3.8, 4) is 5.82 Å². The maximum atomic E-state index is 4.58. The van der Waals surface area contributed by atoms with Gasteiger partial charge >= 0.3 is 0 Å². The number of nitrogens with one attached hydrogen (secondary N) is 1. The highest BCUT2D eigenvalue weighted by molar-refractivity contribution is 5.32. The van der Waals surface area contributed by atoms with E-state index in [9.17, 15) is 0 Å². The van der Waals surface area contributed by atoms with Crippen LogP contribution in [0.3, 0.4) is 0 Å². The molecule has 2 aromatic heterocycles. The molecule has 1 N–H and O–H groups in total. The fourth-order valence-electron chi connectivity index (χ4n) is 2.81. The maximum absolute atomic E-state index is 4.58. The van der Waals surface area contributed by atoms with Crippen molar-refractivity contribution in [2.24, 2.45) is 5.92 Å². The van der Waals surface area contributed by atoms with Crippen molar-refractivity contribution in [2.45, 2.75) is 51.5 Å².